The zero-order chi connectivity index (χ0) is 13.2. The summed E-state index contributed by atoms with van der Waals surface area (Å²) in [7, 11) is 0. The maximum absolute atomic E-state index is 10.6. The van der Waals surface area contributed by atoms with E-state index >= 15 is 0 Å². The van der Waals surface area contributed by atoms with E-state index in [-0.39, 0.29) is 15.5 Å². The fourth-order valence-electron chi connectivity index (χ4n) is 2.22. The number of hydrogen-bond donors (Lipinski definition) is 1. The molecule has 1 N–H and O–H groups in total. The van der Waals surface area contributed by atoms with E-state index in [9.17, 15) is 10.1 Å². The lowest BCUT2D eigenvalue weighted by atomic mass is 9.94. The van der Waals surface area contributed by atoms with Crippen molar-refractivity contribution in [2.75, 3.05) is 6.61 Å². The predicted molar refractivity (Wildman–Crippen MR) is 70.9 cm³/mol. The van der Waals surface area contributed by atoms with E-state index < -0.39 is 0 Å². The van der Waals surface area contributed by atoms with E-state index in [4.69, 9.17) is 4.74 Å². The van der Waals surface area contributed by atoms with Crippen LogP contribution >= 0.6 is 11.3 Å². The Labute approximate surface area is 110 Å². The van der Waals surface area contributed by atoms with Crippen molar-refractivity contribution in [1.82, 2.24) is 5.32 Å². The molecule has 1 aromatic heterocycles. The summed E-state index contributed by atoms with van der Waals surface area (Å²) in [6, 6.07) is 2.06. The molecule has 0 spiro atoms. The number of nitrogens with one attached hydrogen (secondary N) is 1. The Balaban J connectivity index is 1.85. The Morgan fingerprint density at radius 2 is 2.44 bits per heavy atom. The van der Waals surface area contributed by atoms with E-state index in [1.165, 1.54) is 11.3 Å². The van der Waals surface area contributed by atoms with Gasteiger partial charge in [0.2, 0.25) is 0 Å². The van der Waals surface area contributed by atoms with Crippen LogP contribution in [0.1, 0.15) is 32.3 Å². The van der Waals surface area contributed by atoms with Gasteiger partial charge < -0.3 is 10.1 Å². The van der Waals surface area contributed by atoms with E-state index in [1.54, 1.807) is 6.07 Å². The minimum Gasteiger partial charge on any atom is -0.375 e. The molecule has 2 heterocycles. The molecule has 1 saturated heterocycles. The first-order chi connectivity index (χ1) is 8.46. The molecule has 0 amide bonds. The SMILES string of the molecule is CC1(C)CC(NCc2csc([N+](=O)[O-])c2)CCO1. The summed E-state index contributed by atoms with van der Waals surface area (Å²) in [5.41, 5.74) is 0.910. The lowest BCUT2D eigenvalue weighted by molar-refractivity contribution is -0.380. The Morgan fingerprint density at radius 1 is 1.67 bits per heavy atom. The van der Waals surface area contributed by atoms with Gasteiger partial charge in [0.05, 0.1) is 10.5 Å². The summed E-state index contributed by atoms with van der Waals surface area (Å²) in [6.45, 7) is 5.64. The van der Waals surface area contributed by atoms with Gasteiger partial charge in [-0.05, 0) is 32.3 Å². The van der Waals surface area contributed by atoms with Crippen LogP contribution in [0.15, 0.2) is 11.4 Å². The molecule has 0 saturated carbocycles. The molecule has 0 aliphatic carbocycles. The third kappa shape index (κ3) is 3.51. The molecule has 1 atom stereocenters. The van der Waals surface area contributed by atoms with Gasteiger partial charge in [0.25, 0.3) is 0 Å². The van der Waals surface area contributed by atoms with Gasteiger partial charge in [0.15, 0.2) is 0 Å². The number of nitro groups is 1. The zero-order valence-corrected chi connectivity index (χ0v) is 11.5. The van der Waals surface area contributed by atoms with Crippen LogP contribution in [0.3, 0.4) is 0 Å². The normalized spacial score (nSPS) is 22.9. The van der Waals surface area contributed by atoms with Gasteiger partial charge in [0, 0.05) is 30.6 Å². The number of ether oxygens (including phenoxy) is 1. The highest BCUT2D eigenvalue weighted by atomic mass is 32.1. The highest BCUT2D eigenvalue weighted by Crippen LogP contribution is 2.25. The van der Waals surface area contributed by atoms with Gasteiger partial charge in [-0.15, -0.1) is 0 Å². The van der Waals surface area contributed by atoms with Gasteiger partial charge in [-0.3, -0.25) is 10.1 Å². The van der Waals surface area contributed by atoms with Gasteiger partial charge >= 0.3 is 5.00 Å². The van der Waals surface area contributed by atoms with E-state index in [0.717, 1.165) is 25.0 Å². The number of rotatable bonds is 4. The second-order valence-corrected chi connectivity index (χ2v) is 6.12. The predicted octanol–water partition coefficient (Wildman–Crippen LogP) is 2.70. The topological polar surface area (TPSA) is 64.4 Å². The molecule has 18 heavy (non-hydrogen) atoms. The van der Waals surface area contributed by atoms with Crippen LogP contribution in [-0.4, -0.2) is 23.2 Å². The largest absolute Gasteiger partial charge is 0.375 e. The summed E-state index contributed by atoms with van der Waals surface area (Å²) in [6.07, 6.45) is 1.97. The van der Waals surface area contributed by atoms with Crippen LogP contribution in [0.5, 0.6) is 0 Å². The van der Waals surface area contributed by atoms with E-state index in [1.807, 2.05) is 5.38 Å². The van der Waals surface area contributed by atoms with Gasteiger partial charge in [-0.1, -0.05) is 11.3 Å². The monoisotopic (exact) mass is 270 g/mol. The molecule has 6 heteroatoms. The molecule has 1 aliphatic rings. The Bertz CT molecular complexity index is 431. The number of thiophene rings is 1. The summed E-state index contributed by atoms with van der Waals surface area (Å²) in [5, 5.41) is 16.1. The minimum absolute atomic E-state index is 0.0729. The van der Waals surface area contributed by atoms with Crippen molar-refractivity contribution < 1.29 is 9.66 Å². The van der Waals surface area contributed by atoms with E-state index in [2.05, 4.69) is 19.2 Å². The highest BCUT2D eigenvalue weighted by Gasteiger charge is 2.28. The summed E-state index contributed by atoms with van der Waals surface area (Å²) >= 11 is 1.18. The molecular weight excluding hydrogens is 252 g/mol. The van der Waals surface area contributed by atoms with Crippen molar-refractivity contribution in [3.8, 4) is 0 Å². The lowest BCUT2D eigenvalue weighted by Gasteiger charge is -2.35. The molecule has 1 aliphatic heterocycles. The maximum Gasteiger partial charge on any atom is 0.324 e. The molecule has 1 aromatic rings. The number of hydrogen-bond acceptors (Lipinski definition) is 5. The Kier molecular flexibility index (Phi) is 3.99. The molecular formula is C12H18N2O3S. The minimum atomic E-state index is -0.342. The summed E-state index contributed by atoms with van der Waals surface area (Å²) in [5.74, 6) is 0. The van der Waals surface area contributed by atoms with Gasteiger partial charge in [-0.25, -0.2) is 0 Å². The Hall–Kier alpha value is -0.980. The van der Waals surface area contributed by atoms with Crippen LogP contribution in [0.2, 0.25) is 0 Å². The summed E-state index contributed by atoms with van der Waals surface area (Å²) in [4.78, 5) is 10.2. The third-order valence-electron chi connectivity index (χ3n) is 3.11. The first-order valence-electron chi connectivity index (χ1n) is 6.05. The molecule has 1 unspecified atom stereocenters. The molecule has 100 valence electrons. The van der Waals surface area contributed by atoms with Crippen LogP contribution in [0.4, 0.5) is 5.00 Å². The second-order valence-electron chi connectivity index (χ2n) is 5.23. The third-order valence-corrected chi connectivity index (χ3v) is 4.04. The van der Waals surface area contributed by atoms with Crippen molar-refractivity contribution in [2.24, 2.45) is 0 Å². The van der Waals surface area contributed by atoms with Crippen molar-refractivity contribution in [3.63, 3.8) is 0 Å². The molecule has 2 rings (SSSR count). The fraction of sp³-hybridized carbons (Fsp3) is 0.667. The van der Waals surface area contributed by atoms with Crippen molar-refractivity contribution in [2.45, 2.75) is 44.9 Å². The zero-order valence-electron chi connectivity index (χ0n) is 10.6. The molecule has 1 fully saturated rings. The highest BCUT2D eigenvalue weighted by molar-refractivity contribution is 7.13. The smallest absolute Gasteiger partial charge is 0.324 e. The van der Waals surface area contributed by atoms with Crippen LogP contribution < -0.4 is 5.32 Å². The maximum atomic E-state index is 10.6. The molecule has 0 radical (unpaired) electrons. The molecule has 0 aromatic carbocycles. The van der Waals surface area contributed by atoms with Crippen molar-refractivity contribution >= 4 is 16.3 Å². The first kappa shape index (κ1) is 13.5. The Morgan fingerprint density at radius 3 is 3.06 bits per heavy atom. The van der Waals surface area contributed by atoms with Crippen molar-refractivity contribution in [3.05, 3.63) is 27.1 Å². The quantitative estimate of drug-likeness (QED) is 0.675. The molecule has 5 nitrogen and oxygen atoms in total. The molecule has 0 bridgehead atoms. The van der Waals surface area contributed by atoms with Crippen LogP contribution in [-0.2, 0) is 11.3 Å². The average molecular weight is 270 g/mol. The fourth-order valence-corrected chi connectivity index (χ4v) is 2.95. The standard InChI is InChI=1S/C12H18N2O3S/c1-12(2)6-10(3-4-17-12)13-7-9-5-11(14(15)16)18-8-9/h5,8,10,13H,3-4,6-7H2,1-2H3. The van der Waals surface area contributed by atoms with Gasteiger partial charge in [0.1, 0.15) is 0 Å². The summed E-state index contributed by atoms with van der Waals surface area (Å²) < 4.78 is 5.66. The second kappa shape index (κ2) is 5.34. The van der Waals surface area contributed by atoms with Gasteiger partial charge in [-0.2, -0.15) is 0 Å². The van der Waals surface area contributed by atoms with Crippen LogP contribution in [0, 0.1) is 10.1 Å². The average Bonchev–Trinajstić information content (AvgIpc) is 2.74. The van der Waals surface area contributed by atoms with E-state index in [0.29, 0.717) is 12.6 Å². The number of nitrogens with zero attached hydrogens (tertiary/aromatic N) is 1. The van der Waals surface area contributed by atoms with Crippen molar-refractivity contribution in [1.29, 1.82) is 0 Å². The van der Waals surface area contributed by atoms with Crippen LogP contribution in [0.25, 0.3) is 0 Å². The lowest BCUT2D eigenvalue weighted by Crippen LogP contribution is -2.43. The first-order valence-corrected chi connectivity index (χ1v) is 6.93.